The number of hydrogen-bond acceptors (Lipinski definition) is 7. The first-order valence-corrected chi connectivity index (χ1v) is 8.87. The summed E-state index contributed by atoms with van der Waals surface area (Å²) in [6, 6.07) is 2.65. The van der Waals surface area contributed by atoms with Crippen LogP contribution in [0.15, 0.2) is 24.5 Å². The third-order valence-electron chi connectivity index (χ3n) is 4.28. The third-order valence-corrected chi connectivity index (χ3v) is 4.28. The average Bonchev–Trinajstić information content (AvgIpc) is 3.09. The van der Waals surface area contributed by atoms with Crippen molar-refractivity contribution in [3.8, 4) is 11.5 Å². The van der Waals surface area contributed by atoms with E-state index in [4.69, 9.17) is 14.6 Å². The Hall–Kier alpha value is -3.76. The molecule has 3 aromatic rings. The van der Waals surface area contributed by atoms with Crippen LogP contribution < -0.4 is 14.8 Å². The second kappa shape index (κ2) is 8.72. The molecule has 0 radical (unpaired) electrons. The Morgan fingerprint density at radius 3 is 2.50 bits per heavy atom. The standard InChI is InChI=1S/C19H19F2N5O4/c1-4-10-5-14(29-3)17(21)12(16(10)20)9-30-11-7-22-19(23-8-11)24-15-6-13(18(27)28)26(2)25-15/h5-8H,4,9H2,1-3H3,(H,27,28)(H,22,23,24,25). The molecule has 0 bridgehead atoms. The molecule has 0 unspecified atom stereocenters. The van der Waals surface area contributed by atoms with Crippen molar-refractivity contribution in [2.24, 2.45) is 7.05 Å². The van der Waals surface area contributed by atoms with Gasteiger partial charge in [-0.15, -0.1) is 0 Å². The molecule has 158 valence electrons. The summed E-state index contributed by atoms with van der Waals surface area (Å²) in [5, 5.41) is 15.8. The third kappa shape index (κ3) is 4.29. The monoisotopic (exact) mass is 419 g/mol. The number of aryl methyl sites for hydroxylation is 2. The Balaban J connectivity index is 1.71. The largest absolute Gasteiger partial charge is 0.494 e. The van der Waals surface area contributed by atoms with Gasteiger partial charge in [-0.1, -0.05) is 6.92 Å². The van der Waals surface area contributed by atoms with Crippen LogP contribution in [-0.4, -0.2) is 37.9 Å². The van der Waals surface area contributed by atoms with E-state index in [0.29, 0.717) is 12.0 Å². The number of nitrogens with one attached hydrogen (secondary N) is 1. The summed E-state index contributed by atoms with van der Waals surface area (Å²) in [5.41, 5.74) is 0.0630. The number of aromatic carboxylic acids is 1. The van der Waals surface area contributed by atoms with E-state index in [1.807, 2.05) is 0 Å². The molecule has 0 saturated heterocycles. The van der Waals surface area contributed by atoms with Crippen molar-refractivity contribution in [3.05, 3.63) is 53.0 Å². The van der Waals surface area contributed by atoms with Crippen LogP contribution in [0.1, 0.15) is 28.5 Å². The van der Waals surface area contributed by atoms with Crippen LogP contribution >= 0.6 is 0 Å². The number of benzene rings is 1. The number of carbonyl (C=O) groups is 1. The van der Waals surface area contributed by atoms with Crippen LogP contribution in [0.3, 0.4) is 0 Å². The van der Waals surface area contributed by atoms with Gasteiger partial charge >= 0.3 is 5.97 Å². The molecule has 3 rings (SSSR count). The summed E-state index contributed by atoms with van der Waals surface area (Å²) < 4.78 is 40.5. The Kier molecular flexibility index (Phi) is 6.09. The van der Waals surface area contributed by atoms with Crippen LogP contribution in [0, 0.1) is 11.6 Å². The van der Waals surface area contributed by atoms with Gasteiger partial charge in [-0.05, 0) is 18.1 Å². The zero-order chi connectivity index (χ0) is 21.8. The van der Waals surface area contributed by atoms with Crippen molar-refractivity contribution in [2.75, 3.05) is 12.4 Å². The Labute approximate surface area is 170 Å². The Morgan fingerprint density at radius 1 is 1.23 bits per heavy atom. The lowest BCUT2D eigenvalue weighted by Crippen LogP contribution is -2.07. The van der Waals surface area contributed by atoms with Crippen molar-refractivity contribution in [1.29, 1.82) is 0 Å². The molecule has 0 spiro atoms. The maximum Gasteiger partial charge on any atom is 0.354 e. The molecule has 0 saturated carbocycles. The number of carboxylic acid groups (broad SMARTS) is 1. The number of anilines is 2. The molecule has 2 N–H and O–H groups in total. The molecule has 1 aromatic carbocycles. The van der Waals surface area contributed by atoms with Gasteiger partial charge in [0.15, 0.2) is 23.1 Å². The maximum absolute atomic E-state index is 14.5. The molecule has 30 heavy (non-hydrogen) atoms. The van der Waals surface area contributed by atoms with Gasteiger partial charge in [0.2, 0.25) is 5.95 Å². The van der Waals surface area contributed by atoms with Crippen LogP contribution in [0.25, 0.3) is 0 Å². The number of nitrogens with zero attached hydrogens (tertiary/aromatic N) is 4. The van der Waals surface area contributed by atoms with Gasteiger partial charge in [0.1, 0.15) is 18.1 Å². The summed E-state index contributed by atoms with van der Waals surface area (Å²) in [7, 11) is 2.80. The van der Waals surface area contributed by atoms with Crippen LogP contribution in [0.2, 0.25) is 0 Å². The van der Waals surface area contributed by atoms with Crippen LogP contribution in [0.4, 0.5) is 20.5 Å². The van der Waals surface area contributed by atoms with Gasteiger partial charge in [-0.2, -0.15) is 5.10 Å². The molecule has 0 amide bonds. The lowest BCUT2D eigenvalue weighted by molar-refractivity contribution is 0.0685. The first-order chi connectivity index (χ1) is 14.3. The van der Waals surface area contributed by atoms with E-state index in [1.54, 1.807) is 6.92 Å². The minimum absolute atomic E-state index is 0.00811. The molecule has 2 aromatic heterocycles. The first kappa shape index (κ1) is 21.0. The minimum Gasteiger partial charge on any atom is -0.494 e. The molecular formula is C19H19F2N5O4. The highest BCUT2D eigenvalue weighted by Gasteiger charge is 2.19. The van der Waals surface area contributed by atoms with Gasteiger partial charge in [-0.3, -0.25) is 4.68 Å². The molecule has 0 aliphatic rings. The van der Waals surface area contributed by atoms with Gasteiger partial charge < -0.3 is 19.9 Å². The number of carboxylic acids is 1. The van der Waals surface area contributed by atoms with E-state index in [9.17, 15) is 13.6 Å². The average molecular weight is 419 g/mol. The highest BCUT2D eigenvalue weighted by molar-refractivity contribution is 5.86. The lowest BCUT2D eigenvalue weighted by Gasteiger charge is -2.13. The summed E-state index contributed by atoms with van der Waals surface area (Å²) >= 11 is 0. The van der Waals surface area contributed by atoms with Crippen molar-refractivity contribution < 1.29 is 28.2 Å². The minimum atomic E-state index is -1.12. The molecule has 2 heterocycles. The normalized spacial score (nSPS) is 10.7. The number of hydrogen-bond donors (Lipinski definition) is 2. The molecule has 0 aliphatic heterocycles. The molecule has 0 aliphatic carbocycles. The van der Waals surface area contributed by atoms with Gasteiger partial charge in [0, 0.05) is 13.1 Å². The fourth-order valence-corrected chi connectivity index (χ4v) is 2.71. The number of rotatable bonds is 8. The summed E-state index contributed by atoms with van der Waals surface area (Å²) in [4.78, 5) is 19.1. The van der Waals surface area contributed by atoms with Crippen molar-refractivity contribution in [2.45, 2.75) is 20.0 Å². The SMILES string of the molecule is CCc1cc(OC)c(F)c(COc2cnc(Nc3cc(C(=O)O)n(C)n3)nc2)c1F. The highest BCUT2D eigenvalue weighted by atomic mass is 19.1. The summed E-state index contributed by atoms with van der Waals surface area (Å²) in [6.45, 7) is 1.38. The lowest BCUT2D eigenvalue weighted by atomic mass is 10.1. The number of ether oxygens (including phenoxy) is 2. The fraction of sp³-hybridized carbons (Fsp3) is 0.263. The maximum atomic E-state index is 14.5. The second-order valence-electron chi connectivity index (χ2n) is 6.20. The number of methoxy groups -OCH3 is 1. The van der Waals surface area contributed by atoms with Crippen molar-refractivity contribution >= 4 is 17.7 Å². The molecular weight excluding hydrogens is 400 g/mol. The predicted octanol–water partition coefficient (Wildman–Crippen LogP) is 3.08. The zero-order valence-corrected chi connectivity index (χ0v) is 16.4. The number of halogens is 2. The summed E-state index contributed by atoms with van der Waals surface area (Å²) in [6.07, 6.45) is 3.00. The smallest absolute Gasteiger partial charge is 0.354 e. The fourth-order valence-electron chi connectivity index (χ4n) is 2.71. The molecule has 9 nitrogen and oxygen atoms in total. The molecule has 11 heteroatoms. The zero-order valence-electron chi connectivity index (χ0n) is 16.4. The van der Waals surface area contributed by atoms with Crippen LogP contribution in [0.5, 0.6) is 11.5 Å². The van der Waals surface area contributed by atoms with Crippen molar-refractivity contribution in [3.63, 3.8) is 0 Å². The molecule has 0 fully saturated rings. The van der Waals surface area contributed by atoms with E-state index in [0.717, 1.165) is 0 Å². The summed E-state index contributed by atoms with van der Waals surface area (Å²) in [5.74, 6) is -2.10. The van der Waals surface area contributed by atoms with E-state index in [1.165, 1.54) is 43.4 Å². The quantitative estimate of drug-likeness (QED) is 0.573. The Morgan fingerprint density at radius 2 is 1.93 bits per heavy atom. The van der Waals surface area contributed by atoms with E-state index >= 15 is 0 Å². The van der Waals surface area contributed by atoms with Crippen molar-refractivity contribution in [1.82, 2.24) is 19.7 Å². The Bertz CT molecular complexity index is 1040. The number of aromatic nitrogens is 4. The van der Waals surface area contributed by atoms with E-state index in [2.05, 4.69) is 20.4 Å². The molecule has 0 atom stereocenters. The van der Waals surface area contributed by atoms with Gasteiger partial charge in [0.25, 0.3) is 0 Å². The first-order valence-electron chi connectivity index (χ1n) is 8.87. The van der Waals surface area contributed by atoms with E-state index < -0.39 is 17.6 Å². The predicted molar refractivity (Wildman–Crippen MR) is 102 cm³/mol. The van der Waals surface area contributed by atoms with Crippen LogP contribution in [-0.2, 0) is 20.1 Å². The topological polar surface area (TPSA) is 111 Å². The van der Waals surface area contributed by atoms with Gasteiger partial charge in [0.05, 0.1) is 25.1 Å². The second-order valence-corrected chi connectivity index (χ2v) is 6.20. The van der Waals surface area contributed by atoms with E-state index in [-0.39, 0.29) is 41.1 Å². The van der Waals surface area contributed by atoms with Gasteiger partial charge in [-0.25, -0.2) is 23.5 Å². The highest BCUT2D eigenvalue weighted by Crippen LogP contribution is 2.28.